The number of hydrogen-bond acceptors (Lipinski definition) is 5. The summed E-state index contributed by atoms with van der Waals surface area (Å²) in [6.45, 7) is 5.92. The van der Waals surface area contributed by atoms with E-state index in [-0.39, 0.29) is 22.3 Å². The second-order valence-electron chi connectivity index (χ2n) is 7.64. The Labute approximate surface area is 167 Å². The van der Waals surface area contributed by atoms with Gasteiger partial charge < -0.3 is 4.74 Å². The van der Waals surface area contributed by atoms with E-state index in [1.165, 1.54) is 6.07 Å². The van der Waals surface area contributed by atoms with Crippen molar-refractivity contribution in [1.29, 1.82) is 0 Å². The lowest BCUT2D eigenvalue weighted by atomic mass is 9.99. The van der Waals surface area contributed by atoms with Crippen LogP contribution in [0.4, 0.5) is 5.69 Å². The molecule has 0 radical (unpaired) electrons. The highest BCUT2D eigenvalue weighted by molar-refractivity contribution is 6.31. The number of fused-ring (bicyclic) bond motifs is 1. The molecule has 8 heteroatoms. The summed E-state index contributed by atoms with van der Waals surface area (Å²) < 4.78 is 7.91. The third-order valence-corrected chi connectivity index (χ3v) is 5.62. The molecule has 0 N–H and O–H groups in total. The van der Waals surface area contributed by atoms with E-state index in [1.807, 2.05) is 24.3 Å². The lowest BCUT2D eigenvalue weighted by molar-refractivity contribution is -0.384. The van der Waals surface area contributed by atoms with Gasteiger partial charge in [-0.2, -0.15) is 5.10 Å². The van der Waals surface area contributed by atoms with E-state index in [1.54, 1.807) is 23.0 Å². The Morgan fingerprint density at radius 3 is 2.86 bits per heavy atom. The van der Waals surface area contributed by atoms with Crippen molar-refractivity contribution in [3.63, 3.8) is 0 Å². The fourth-order valence-electron chi connectivity index (χ4n) is 3.52. The van der Waals surface area contributed by atoms with Crippen molar-refractivity contribution >= 4 is 28.2 Å². The van der Waals surface area contributed by atoms with Crippen LogP contribution in [0.5, 0.6) is 0 Å². The molecule has 1 atom stereocenters. The van der Waals surface area contributed by atoms with E-state index >= 15 is 0 Å². The van der Waals surface area contributed by atoms with Crippen molar-refractivity contribution < 1.29 is 9.66 Å². The molecule has 2 heterocycles. The Bertz CT molecular complexity index is 1030. The average molecular weight is 401 g/mol. The molecule has 3 aromatic rings. The molecule has 0 unspecified atom stereocenters. The first kappa shape index (κ1) is 18.9. The summed E-state index contributed by atoms with van der Waals surface area (Å²) in [5.74, 6) is 0. The summed E-state index contributed by atoms with van der Waals surface area (Å²) in [5.41, 5.74) is 1.55. The second-order valence-corrected chi connectivity index (χ2v) is 8.05. The number of morpholine rings is 1. The van der Waals surface area contributed by atoms with Crippen LogP contribution in [0.1, 0.15) is 25.5 Å². The minimum Gasteiger partial charge on any atom is -0.370 e. The summed E-state index contributed by atoms with van der Waals surface area (Å²) >= 11 is 6.36. The molecular formula is C20H21ClN4O3. The molecule has 1 fully saturated rings. The van der Waals surface area contributed by atoms with Crippen molar-refractivity contribution in [2.75, 3.05) is 13.2 Å². The van der Waals surface area contributed by atoms with Gasteiger partial charge in [-0.15, -0.1) is 0 Å². The number of nitro benzene ring substituents is 1. The number of nitro groups is 1. The van der Waals surface area contributed by atoms with Crippen LogP contribution in [-0.4, -0.2) is 38.3 Å². The van der Waals surface area contributed by atoms with Gasteiger partial charge in [-0.05, 0) is 26.0 Å². The van der Waals surface area contributed by atoms with Crippen LogP contribution in [0.3, 0.4) is 0 Å². The van der Waals surface area contributed by atoms with E-state index in [9.17, 15) is 10.1 Å². The zero-order valence-electron chi connectivity index (χ0n) is 15.7. The number of benzene rings is 2. The normalized spacial score (nSPS) is 19.8. The van der Waals surface area contributed by atoms with Crippen LogP contribution >= 0.6 is 11.6 Å². The van der Waals surface area contributed by atoms with E-state index in [2.05, 4.69) is 23.8 Å². The molecule has 7 nitrogen and oxygen atoms in total. The quantitative estimate of drug-likeness (QED) is 0.479. The molecule has 1 aromatic heterocycles. The van der Waals surface area contributed by atoms with Crippen molar-refractivity contribution in [1.82, 2.24) is 14.7 Å². The lowest BCUT2D eigenvalue weighted by Crippen LogP contribution is -2.54. The van der Waals surface area contributed by atoms with Gasteiger partial charge in [0.25, 0.3) is 5.69 Å². The Morgan fingerprint density at radius 2 is 2.11 bits per heavy atom. The maximum atomic E-state index is 11.1. The molecule has 0 aliphatic carbocycles. The number of nitrogens with zero attached hydrogens (tertiary/aromatic N) is 4. The fraction of sp³-hybridized carbons (Fsp3) is 0.350. The summed E-state index contributed by atoms with van der Waals surface area (Å²) in [7, 11) is 0. The van der Waals surface area contributed by atoms with Gasteiger partial charge in [-0.1, -0.05) is 29.8 Å². The largest absolute Gasteiger partial charge is 0.370 e. The summed E-state index contributed by atoms with van der Waals surface area (Å²) in [4.78, 5) is 13.0. The molecule has 0 saturated carbocycles. The van der Waals surface area contributed by atoms with E-state index in [4.69, 9.17) is 16.3 Å². The van der Waals surface area contributed by atoms with Gasteiger partial charge in [0.05, 0.1) is 36.0 Å². The first-order chi connectivity index (χ1) is 13.3. The predicted octanol–water partition coefficient (Wildman–Crippen LogP) is 4.41. The Morgan fingerprint density at radius 1 is 1.32 bits per heavy atom. The first-order valence-electron chi connectivity index (χ1n) is 9.06. The molecule has 4 rings (SSSR count). The molecule has 1 aliphatic rings. The van der Waals surface area contributed by atoms with Gasteiger partial charge in [0.15, 0.2) is 0 Å². The van der Waals surface area contributed by atoms with E-state index in [0.29, 0.717) is 24.8 Å². The van der Waals surface area contributed by atoms with Gasteiger partial charge in [-0.25, -0.2) is 0 Å². The van der Waals surface area contributed by atoms with Gasteiger partial charge in [-0.3, -0.25) is 19.7 Å². The molecule has 0 spiro atoms. The van der Waals surface area contributed by atoms with Crippen molar-refractivity contribution in [3.05, 3.63) is 69.4 Å². The molecular weight excluding hydrogens is 380 g/mol. The van der Waals surface area contributed by atoms with Crippen LogP contribution in [0.2, 0.25) is 5.02 Å². The van der Waals surface area contributed by atoms with Crippen molar-refractivity contribution in [3.8, 4) is 0 Å². The highest BCUT2D eigenvalue weighted by Crippen LogP contribution is 2.34. The monoisotopic (exact) mass is 400 g/mol. The van der Waals surface area contributed by atoms with Crippen molar-refractivity contribution in [2.45, 2.75) is 32.2 Å². The number of aromatic nitrogens is 2. The number of non-ortho nitro benzene ring substituents is 1. The molecule has 1 saturated heterocycles. The first-order valence-corrected chi connectivity index (χ1v) is 9.44. The summed E-state index contributed by atoms with van der Waals surface area (Å²) in [5, 5.41) is 17.2. The minimum atomic E-state index is -0.386. The Balaban J connectivity index is 1.63. The van der Waals surface area contributed by atoms with Gasteiger partial charge in [0.1, 0.15) is 0 Å². The number of ether oxygens (including phenoxy) is 1. The summed E-state index contributed by atoms with van der Waals surface area (Å²) in [6, 6.07) is 12.5. The van der Waals surface area contributed by atoms with Crippen molar-refractivity contribution in [2.24, 2.45) is 0 Å². The highest BCUT2D eigenvalue weighted by Gasteiger charge is 2.36. The molecule has 28 heavy (non-hydrogen) atoms. The topological polar surface area (TPSA) is 73.4 Å². The highest BCUT2D eigenvalue weighted by atomic mass is 35.5. The zero-order valence-corrected chi connectivity index (χ0v) is 16.5. The molecule has 0 bridgehead atoms. The number of rotatable bonds is 4. The zero-order chi connectivity index (χ0) is 19.9. The maximum Gasteiger partial charge on any atom is 0.271 e. The predicted molar refractivity (Wildman–Crippen MR) is 107 cm³/mol. The number of halogens is 1. The van der Waals surface area contributed by atoms with Gasteiger partial charge in [0, 0.05) is 40.2 Å². The SMILES string of the molecule is CC1(C)CO[C@H](c2ccccc2Cl)CN1Cn1ncc2ccc([N+](=O)[O-])cc21. The third-order valence-electron chi connectivity index (χ3n) is 5.28. The standard InChI is InChI=1S/C20H21ClN4O3/c1-20(2)12-28-19(16-5-3-4-6-17(16)21)11-23(20)13-24-18-9-15(25(26)27)8-7-14(18)10-22-24/h3-10,19H,11-13H2,1-2H3/t19-/m0/s1. The fourth-order valence-corrected chi connectivity index (χ4v) is 3.77. The molecule has 2 aromatic carbocycles. The van der Waals surface area contributed by atoms with E-state index in [0.717, 1.165) is 16.5 Å². The van der Waals surface area contributed by atoms with Gasteiger partial charge in [0.2, 0.25) is 0 Å². The smallest absolute Gasteiger partial charge is 0.271 e. The second kappa shape index (κ2) is 7.16. The maximum absolute atomic E-state index is 11.1. The Hall–Kier alpha value is -2.48. The van der Waals surface area contributed by atoms with Gasteiger partial charge >= 0.3 is 0 Å². The van der Waals surface area contributed by atoms with Crippen LogP contribution < -0.4 is 0 Å². The number of hydrogen-bond donors (Lipinski definition) is 0. The molecule has 0 amide bonds. The minimum absolute atomic E-state index is 0.0597. The summed E-state index contributed by atoms with van der Waals surface area (Å²) in [6.07, 6.45) is 1.59. The van der Waals surface area contributed by atoms with Crippen LogP contribution in [-0.2, 0) is 11.4 Å². The van der Waals surface area contributed by atoms with E-state index < -0.39 is 0 Å². The van der Waals surface area contributed by atoms with Crippen LogP contribution in [0, 0.1) is 10.1 Å². The molecule has 146 valence electrons. The van der Waals surface area contributed by atoms with Crippen LogP contribution in [0.15, 0.2) is 48.7 Å². The third kappa shape index (κ3) is 3.48. The molecule has 1 aliphatic heterocycles. The Kier molecular flexibility index (Phi) is 4.82. The lowest BCUT2D eigenvalue weighted by Gasteiger charge is -2.45. The van der Waals surface area contributed by atoms with Crippen LogP contribution in [0.25, 0.3) is 10.9 Å². The average Bonchev–Trinajstić information content (AvgIpc) is 3.06.